The fourth-order valence-electron chi connectivity index (χ4n) is 4.44. The van der Waals surface area contributed by atoms with Gasteiger partial charge in [-0.15, -0.1) is 0 Å². The molecule has 1 aromatic carbocycles. The Kier molecular flexibility index (Phi) is 3.64. The molecule has 2 atom stereocenters. The fourth-order valence-corrected chi connectivity index (χ4v) is 4.44. The van der Waals surface area contributed by atoms with E-state index in [2.05, 4.69) is 44.0 Å². The van der Waals surface area contributed by atoms with Crippen LogP contribution < -0.4 is 0 Å². The molecule has 2 nitrogen and oxygen atoms in total. The van der Waals surface area contributed by atoms with Gasteiger partial charge in [0.1, 0.15) is 0 Å². The van der Waals surface area contributed by atoms with Crippen LogP contribution in [-0.2, 0) is 6.42 Å². The Morgan fingerprint density at radius 2 is 1.65 bits per heavy atom. The molecule has 1 N–H and O–H groups in total. The largest absolute Gasteiger partial charge is 0.389 e. The van der Waals surface area contributed by atoms with Crippen LogP contribution in [0.3, 0.4) is 0 Å². The third-order valence-electron chi connectivity index (χ3n) is 5.27. The predicted molar refractivity (Wildman–Crippen MR) is 83.0 cm³/mol. The second-order valence-corrected chi connectivity index (χ2v) is 7.21. The molecule has 3 rings (SSSR count). The van der Waals surface area contributed by atoms with Crippen molar-refractivity contribution >= 4 is 0 Å². The van der Waals surface area contributed by atoms with E-state index < -0.39 is 5.60 Å². The molecule has 2 aliphatic heterocycles. The molecule has 110 valence electrons. The SMILES string of the molecule is Cc1cc(C)cc(CC2(O)CC3CCCC(C2)N3C)c1. The van der Waals surface area contributed by atoms with Gasteiger partial charge in [0.25, 0.3) is 0 Å². The topological polar surface area (TPSA) is 23.5 Å². The van der Waals surface area contributed by atoms with Gasteiger partial charge < -0.3 is 10.0 Å². The number of aryl methyl sites for hydroxylation is 2. The van der Waals surface area contributed by atoms with Crippen LogP contribution in [0.2, 0.25) is 0 Å². The van der Waals surface area contributed by atoms with E-state index in [9.17, 15) is 5.11 Å². The first-order valence-electron chi connectivity index (χ1n) is 7.97. The van der Waals surface area contributed by atoms with Gasteiger partial charge in [-0.3, -0.25) is 0 Å². The number of hydrogen-bond acceptors (Lipinski definition) is 2. The zero-order chi connectivity index (χ0) is 14.3. The predicted octanol–water partition coefficient (Wildman–Crippen LogP) is 3.22. The smallest absolute Gasteiger partial charge is 0.0717 e. The maximum atomic E-state index is 11.1. The Hall–Kier alpha value is -0.860. The molecule has 0 saturated carbocycles. The Balaban J connectivity index is 1.79. The summed E-state index contributed by atoms with van der Waals surface area (Å²) < 4.78 is 0. The highest BCUT2D eigenvalue weighted by atomic mass is 16.3. The van der Waals surface area contributed by atoms with Crippen molar-refractivity contribution in [2.45, 2.75) is 70.1 Å². The molecule has 0 radical (unpaired) electrons. The summed E-state index contributed by atoms with van der Waals surface area (Å²) in [7, 11) is 2.24. The molecule has 20 heavy (non-hydrogen) atoms. The van der Waals surface area contributed by atoms with Crippen molar-refractivity contribution in [3.63, 3.8) is 0 Å². The van der Waals surface area contributed by atoms with Crippen molar-refractivity contribution in [1.29, 1.82) is 0 Å². The third kappa shape index (κ3) is 2.77. The lowest BCUT2D eigenvalue weighted by Gasteiger charge is -2.50. The van der Waals surface area contributed by atoms with Gasteiger partial charge in [0.05, 0.1) is 5.60 Å². The molecule has 0 aliphatic carbocycles. The molecule has 2 heterocycles. The van der Waals surface area contributed by atoms with E-state index in [1.165, 1.54) is 36.0 Å². The molecule has 1 aromatic rings. The summed E-state index contributed by atoms with van der Waals surface area (Å²) in [5.74, 6) is 0. The molecule has 2 unspecified atom stereocenters. The average Bonchev–Trinajstić information content (AvgIpc) is 2.30. The van der Waals surface area contributed by atoms with Gasteiger partial charge in [0, 0.05) is 18.5 Å². The van der Waals surface area contributed by atoms with Crippen LogP contribution in [0.15, 0.2) is 18.2 Å². The Morgan fingerprint density at radius 3 is 2.20 bits per heavy atom. The highest BCUT2D eigenvalue weighted by Crippen LogP contribution is 2.39. The average molecular weight is 273 g/mol. The van der Waals surface area contributed by atoms with Crippen LogP contribution in [0, 0.1) is 13.8 Å². The maximum Gasteiger partial charge on any atom is 0.0717 e. The van der Waals surface area contributed by atoms with Crippen molar-refractivity contribution in [1.82, 2.24) is 4.90 Å². The van der Waals surface area contributed by atoms with Crippen LogP contribution in [-0.4, -0.2) is 34.7 Å². The molecule has 2 bridgehead atoms. The monoisotopic (exact) mass is 273 g/mol. The lowest BCUT2D eigenvalue weighted by Crippen LogP contribution is -2.57. The quantitative estimate of drug-likeness (QED) is 0.894. The number of benzene rings is 1. The maximum absolute atomic E-state index is 11.1. The molecule has 0 amide bonds. The van der Waals surface area contributed by atoms with E-state index in [0.717, 1.165) is 19.3 Å². The van der Waals surface area contributed by atoms with E-state index in [1.54, 1.807) is 0 Å². The second-order valence-electron chi connectivity index (χ2n) is 7.21. The van der Waals surface area contributed by atoms with Crippen LogP contribution >= 0.6 is 0 Å². The highest BCUT2D eigenvalue weighted by molar-refractivity contribution is 5.29. The first-order chi connectivity index (χ1) is 9.45. The summed E-state index contributed by atoms with van der Waals surface area (Å²) in [6, 6.07) is 7.84. The van der Waals surface area contributed by atoms with Gasteiger partial charge in [0.2, 0.25) is 0 Å². The standard InChI is InChI=1S/C18H27NO/c1-13-7-14(2)9-15(8-13)10-18(20)11-16-5-4-6-17(12-18)19(16)3/h7-9,16-17,20H,4-6,10-12H2,1-3H3. The molecule has 2 aliphatic rings. The normalized spacial score (nSPS) is 34.2. The molecular formula is C18H27NO. The number of piperidine rings is 2. The van der Waals surface area contributed by atoms with E-state index >= 15 is 0 Å². The lowest BCUT2D eigenvalue weighted by atomic mass is 9.73. The van der Waals surface area contributed by atoms with Crippen LogP contribution in [0.1, 0.15) is 48.8 Å². The Labute approximate surface area is 122 Å². The number of hydrogen-bond donors (Lipinski definition) is 1. The second kappa shape index (κ2) is 5.16. The zero-order valence-corrected chi connectivity index (χ0v) is 13.0. The summed E-state index contributed by atoms with van der Waals surface area (Å²) in [5, 5.41) is 11.1. The summed E-state index contributed by atoms with van der Waals surface area (Å²) in [6.45, 7) is 4.29. The van der Waals surface area contributed by atoms with Crippen LogP contribution in [0.4, 0.5) is 0 Å². The fraction of sp³-hybridized carbons (Fsp3) is 0.667. The summed E-state index contributed by atoms with van der Waals surface area (Å²) in [4.78, 5) is 2.51. The van der Waals surface area contributed by atoms with Crippen molar-refractivity contribution < 1.29 is 5.11 Å². The molecule has 0 spiro atoms. The zero-order valence-electron chi connectivity index (χ0n) is 13.0. The van der Waals surface area contributed by atoms with Gasteiger partial charge >= 0.3 is 0 Å². The number of rotatable bonds is 2. The Bertz CT molecular complexity index is 462. The number of aliphatic hydroxyl groups is 1. The molecule has 0 aromatic heterocycles. The van der Waals surface area contributed by atoms with E-state index in [0.29, 0.717) is 12.1 Å². The van der Waals surface area contributed by atoms with Gasteiger partial charge in [-0.1, -0.05) is 35.7 Å². The summed E-state index contributed by atoms with van der Waals surface area (Å²) >= 11 is 0. The summed E-state index contributed by atoms with van der Waals surface area (Å²) in [5.41, 5.74) is 3.41. The first kappa shape index (κ1) is 14.1. The number of nitrogens with zero attached hydrogens (tertiary/aromatic N) is 1. The van der Waals surface area contributed by atoms with E-state index in [-0.39, 0.29) is 0 Å². The molecule has 2 saturated heterocycles. The van der Waals surface area contributed by atoms with Crippen molar-refractivity contribution in [2.24, 2.45) is 0 Å². The number of fused-ring (bicyclic) bond motifs is 2. The van der Waals surface area contributed by atoms with Gasteiger partial charge in [-0.25, -0.2) is 0 Å². The summed E-state index contributed by atoms with van der Waals surface area (Å²) in [6.07, 6.45) is 6.53. The van der Waals surface area contributed by atoms with Crippen molar-refractivity contribution in [3.05, 3.63) is 34.9 Å². The minimum atomic E-state index is -0.498. The highest BCUT2D eigenvalue weighted by Gasteiger charge is 2.43. The van der Waals surface area contributed by atoms with E-state index in [1.807, 2.05) is 0 Å². The lowest BCUT2D eigenvalue weighted by molar-refractivity contribution is -0.0820. The molecular weight excluding hydrogens is 246 g/mol. The van der Waals surface area contributed by atoms with E-state index in [4.69, 9.17) is 0 Å². The minimum absolute atomic E-state index is 0.498. The minimum Gasteiger partial charge on any atom is -0.389 e. The van der Waals surface area contributed by atoms with Crippen LogP contribution in [0.5, 0.6) is 0 Å². The third-order valence-corrected chi connectivity index (χ3v) is 5.27. The molecule has 2 fully saturated rings. The van der Waals surface area contributed by atoms with Crippen molar-refractivity contribution in [2.75, 3.05) is 7.05 Å². The molecule has 2 heteroatoms. The first-order valence-corrected chi connectivity index (χ1v) is 7.97. The van der Waals surface area contributed by atoms with Crippen LogP contribution in [0.25, 0.3) is 0 Å². The van der Waals surface area contributed by atoms with Gasteiger partial charge in [-0.05, 0) is 52.1 Å². The van der Waals surface area contributed by atoms with Gasteiger partial charge in [-0.2, -0.15) is 0 Å². The van der Waals surface area contributed by atoms with Gasteiger partial charge in [0.15, 0.2) is 0 Å². The Morgan fingerprint density at radius 1 is 1.10 bits per heavy atom. The van der Waals surface area contributed by atoms with Crippen molar-refractivity contribution in [3.8, 4) is 0 Å².